The van der Waals surface area contributed by atoms with Gasteiger partial charge in [0.05, 0.1) is 13.2 Å². The number of ketones is 1. The number of nitrogens with one attached hydrogen (secondary N) is 1. The Morgan fingerprint density at radius 3 is 2.29 bits per heavy atom. The van der Waals surface area contributed by atoms with E-state index >= 15 is 0 Å². The Morgan fingerprint density at radius 2 is 1.75 bits per heavy atom. The predicted molar refractivity (Wildman–Crippen MR) is 103 cm³/mol. The number of aryl methyl sites for hydroxylation is 1. The van der Waals surface area contributed by atoms with Crippen molar-refractivity contribution < 1.29 is 23.5 Å². The van der Waals surface area contributed by atoms with Gasteiger partial charge in [-0.15, -0.1) is 0 Å². The van der Waals surface area contributed by atoms with Crippen LogP contribution in [0.1, 0.15) is 63.2 Å². The van der Waals surface area contributed by atoms with E-state index < -0.39 is 11.8 Å². The number of benzene rings is 1. The van der Waals surface area contributed by atoms with Crippen molar-refractivity contribution in [3.8, 4) is 0 Å². The Labute approximate surface area is 163 Å². The molecule has 28 heavy (non-hydrogen) atoms. The number of ether oxygens (including phenoxy) is 1. The second kappa shape index (κ2) is 8.82. The number of hydrogen-bond acceptors (Lipinski definition) is 4. The zero-order valence-electron chi connectivity index (χ0n) is 16.8. The summed E-state index contributed by atoms with van der Waals surface area (Å²) in [6.07, 6.45) is 0. The van der Waals surface area contributed by atoms with Gasteiger partial charge in [0.25, 0.3) is 5.91 Å². The number of halogens is 1. The van der Waals surface area contributed by atoms with Gasteiger partial charge in [0.2, 0.25) is 0 Å². The van der Waals surface area contributed by atoms with Crippen LogP contribution in [0.25, 0.3) is 0 Å². The minimum atomic E-state index is -0.523. The third-order valence-corrected chi connectivity index (χ3v) is 4.49. The molecular formula is C21H25FN2O4. The molecule has 0 atom stereocenters. The molecule has 6 nitrogen and oxygen atoms in total. The summed E-state index contributed by atoms with van der Waals surface area (Å²) >= 11 is 0. The molecule has 0 spiro atoms. The van der Waals surface area contributed by atoms with Crippen LogP contribution in [0.3, 0.4) is 0 Å². The Kier molecular flexibility index (Phi) is 6.72. The molecule has 1 heterocycles. The van der Waals surface area contributed by atoms with Crippen molar-refractivity contribution in [2.75, 3.05) is 13.2 Å². The predicted octanol–water partition coefficient (Wildman–Crippen LogP) is 3.68. The van der Waals surface area contributed by atoms with E-state index in [2.05, 4.69) is 4.98 Å². The first-order chi connectivity index (χ1) is 13.2. The molecule has 0 aliphatic carbocycles. The highest BCUT2D eigenvalue weighted by Gasteiger charge is 2.27. The van der Waals surface area contributed by atoms with Gasteiger partial charge in [-0.3, -0.25) is 9.59 Å². The van der Waals surface area contributed by atoms with Crippen LogP contribution in [0.5, 0.6) is 0 Å². The fourth-order valence-electron chi connectivity index (χ4n) is 3.06. The van der Waals surface area contributed by atoms with E-state index in [0.29, 0.717) is 22.4 Å². The van der Waals surface area contributed by atoms with Crippen molar-refractivity contribution in [3.63, 3.8) is 0 Å². The molecular weight excluding hydrogens is 363 g/mol. The molecule has 0 saturated carbocycles. The zero-order valence-corrected chi connectivity index (χ0v) is 16.8. The van der Waals surface area contributed by atoms with Crippen LogP contribution in [-0.4, -0.2) is 46.7 Å². The highest BCUT2D eigenvalue weighted by Crippen LogP contribution is 2.21. The molecule has 150 valence electrons. The zero-order chi connectivity index (χ0) is 21.0. The van der Waals surface area contributed by atoms with Gasteiger partial charge in [-0.05, 0) is 64.4 Å². The van der Waals surface area contributed by atoms with Crippen LogP contribution in [0, 0.1) is 19.7 Å². The summed E-state index contributed by atoms with van der Waals surface area (Å²) in [5.41, 5.74) is 1.96. The molecule has 7 heteroatoms. The van der Waals surface area contributed by atoms with Gasteiger partial charge in [0.1, 0.15) is 11.5 Å². The smallest absolute Gasteiger partial charge is 0.355 e. The Hall–Kier alpha value is -2.96. The van der Waals surface area contributed by atoms with E-state index in [-0.39, 0.29) is 36.6 Å². The van der Waals surface area contributed by atoms with E-state index in [1.807, 2.05) is 0 Å². The van der Waals surface area contributed by atoms with Crippen molar-refractivity contribution in [1.29, 1.82) is 0 Å². The quantitative estimate of drug-likeness (QED) is 0.580. The number of amides is 1. The minimum Gasteiger partial charge on any atom is -0.461 e. The summed E-state index contributed by atoms with van der Waals surface area (Å²) in [7, 11) is 0. The summed E-state index contributed by atoms with van der Waals surface area (Å²) in [5.74, 6) is -1.61. The first-order valence-electron chi connectivity index (χ1n) is 9.13. The van der Waals surface area contributed by atoms with E-state index in [1.54, 1.807) is 34.6 Å². The fourth-order valence-corrected chi connectivity index (χ4v) is 3.06. The lowest BCUT2D eigenvalue weighted by atomic mass is 10.0. The number of H-pyrrole nitrogens is 1. The topological polar surface area (TPSA) is 79.5 Å². The van der Waals surface area contributed by atoms with Gasteiger partial charge in [0.15, 0.2) is 5.78 Å². The summed E-state index contributed by atoms with van der Waals surface area (Å²) < 4.78 is 18.1. The van der Waals surface area contributed by atoms with Crippen LogP contribution < -0.4 is 0 Å². The highest BCUT2D eigenvalue weighted by molar-refractivity contribution is 6.05. The second-order valence-electron chi connectivity index (χ2n) is 6.80. The van der Waals surface area contributed by atoms with Crippen LogP contribution in [0.2, 0.25) is 0 Å². The molecule has 0 aliphatic heterocycles. The number of rotatable bonds is 7. The third kappa shape index (κ3) is 4.47. The monoisotopic (exact) mass is 388 g/mol. The van der Waals surface area contributed by atoms with E-state index in [4.69, 9.17) is 4.74 Å². The second-order valence-corrected chi connectivity index (χ2v) is 6.80. The molecule has 1 amide bonds. The minimum absolute atomic E-state index is 0.157. The number of nitrogens with zero attached hydrogens (tertiary/aromatic N) is 1. The normalized spacial score (nSPS) is 10.8. The lowest BCUT2D eigenvalue weighted by Crippen LogP contribution is -2.41. The summed E-state index contributed by atoms with van der Waals surface area (Å²) in [4.78, 5) is 42.1. The average Bonchev–Trinajstić information content (AvgIpc) is 2.94. The number of carbonyl (C=O) groups excluding carboxylic acids is 3. The van der Waals surface area contributed by atoms with Crippen LogP contribution in [-0.2, 0) is 4.74 Å². The lowest BCUT2D eigenvalue weighted by molar-refractivity contribution is 0.0519. The Bertz CT molecular complexity index is 885. The van der Waals surface area contributed by atoms with Crippen LogP contribution in [0.15, 0.2) is 24.3 Å². The van der Waals surface area contributed by atoms with Gasteiger partial charge in [-0.1, -0.05) is 0 Å². The maximum Gasteiger partial charge on any atom is 0.355 e. The number of hydrogen-bond donors (Lipinski definition) is 1. The van der Waals surface area contributed by atoms with Gasteiger partial charge in [-0.2, -0.15) is 0 Å². The maximum atomic E-state index is 13.1. The molecule has 0 radical (unpaired) electrons. The van der Waals surface area contributed by atoms with Crippen molar-refractivity contribution in [3.05, 3.63) is 58.2 Å². The van der Waals surface area contributed by atoms with Crippen LogP contribution in [0.4, 0.5) is 4.39 Å². The molecule has 0 unspecified atom stereocenters. The highest BCUT2D eigenvalue weighted by atomic mass is 19.1. The Morgan fingerprint density at radius 1 is 1.14 bits per heavy atom. The molecule has 1 aromatic heterocycles. The Balaban J connectivity index is 2.29. The summed E-state index contributed by atoms with van der Waals surface area (Å²) in [6.45, 7) is 8.75. The average molecular weight is 388 g/mol. The fraction of sp³-hybridized carbons (Fsp3) is 0.381. The molecule has 0 bridgehead atoms. The first-order valence-corrected chi connectivity index (χ1v) is 9.13. The van der Waals surface area contributed by atoms with Gasteiger partial charge >= 0.3 is 5.97 Å². The lowest BCUT2D eigenvalue weighted by Gasteiger charge is -2.26. The number of esters is 1. The maximum absolute atomic E-state index is 13.1. The molecule has 1 N–H and O–H groups in total. The number of aromatic nitrogens is 1. The molecule has 0 fully saturated rings. The standard InChI is InChI=1S/C21H25FN2O4/c1-6-28-21(27)19-13(4)18(14(5)23-19)17(25)11-24(12(2)3)20(26)15-7-9-16(22)10-8-15/h7-10,12,23H,6,11H2,1-5H3. The molecule has 0 aliphatic rings. The summed E-state index contributed by atoms with van der Waals surface area (Å²) in [6, 6.07) is 4.96. The van der Waals surface area contributed by atoms with E-state index in [1.165, 1.54) is 29.2 Å². The van der Waals surface area contributed by atoms with Gasteiger partial charge in [0, 0.05) is 22.9 Å². The van der Waals surface area contributed by atoms with E-state index in [9.17, 15) is 18.8 Å². The number of aromatic amines is 1. The largest absolute Gasteiger partial charge is 0.461 e. The number of Topliss-reactive ketones (excluding diaryl/α,β-unsaturated/α-hetero) is 1. The summed E-state index contributed by atoms with van der Waals surface area (Å²) in [5, 5.41) is 0. The van der Waals surface area contributed by atoms with Crippen molar-refractivity contribution >= 4 is 17.7 Å². The van der Waals surface area contributed by atoms with Gasteiger partial charge in [-0.25, -0.2) is 9.18 Å². The number of carbonyl (C=O) groups is 3. The molecule has 2 aromatic rings. The first kappa shape index (κ1) is 21.3. The molecule has 0 saturated heterocycles. The third-order valence-electron chi connectivity index (χ3n) is 4.49. The van der Waals surface area contributed by atoms with E-state index in [0.717, 1.165) is 0 Å². The SMILES string of the molecule is CCOC(=O)c1[nH]c(C)c(C(=O)CN(C(=O)c2ccc(F)cc2)C(C)C)c1C. The van der Waals surface area contributed by atoms with Crippen molar-refractivity contribution in [2.45, 2.75) is 40.7 Å². The van der Waals surface area contributed by atoms with Gasteiger partial charge < -0.3 is 14.6 Å². The van der Waals surface area contributed by atoms with Crippen LogP contribution >= 0.6 is 0 Å². The van der Waals surface area contributed by atoms with Crippen molar-refractivity contribution in [2.24, 2.45) is 0 Å². The van der Waals surface area contributed by atoms with Crippen molar-refractivity contribution in [1.82, 2.24) is 9.88 Å². The molecule has 1 aromatic carbocycles. The molecule has 2 rings (SSSR count).